The molecule has 0 aliphatic rings. The van der Waals surface area contributed by atoms with Crippen LogP contribution in [0.2, 0.25) is 5.15 Å². The van der Waals surface area contributed by atoms with Crippen molar-refractivity contribution in [3.63, 3.8) is 0 Å². The number of hydrogen-bond donors (Lipinski definition) is 0. The van der Waals surface area contributed by atoms with Crippen molar-refractivity contribution in [1.82, 2.24) is 4.98 Å². The Kier molecular flexibility index (Phi) is 3.68. The fourth-order valence-corrected chi connectivity index (χ4v) is 2.34. The van der Waals surface area contributed by atoms with Crippen LogP contribution in [0.5, 0.6) is 0 Å². The summed E-state index contributed by atoms with van der Waals surface area (Å²) in [4.78, 5) is 2.49. The van der Waals surface area contributed by atoms with Gasteiger partial charge in [-0.25, -0.2) is 22.2 Å². The molecule has 0 aromatic carbocycles. The quantitative estimate of drug-likeness (QED) is 0.618. The van der Waals surface area contributed by atoms with Gasteiger partial charge in [0.15, 0.2) is 10.8 Å². The van der Waals surface area contributed by atoms with Gasteiger partial charge in [0.25, 0.3) is 15.5 Å². The lowest BCUT2D eigenvalue weighted by Gasteiger charge is -2.05. The second-order valence-electron chi connectivity index (χ2n) is 2.57. The lowest BCUT2D eigenvalue weighted by Crippen LogP contribution is -2.01. The highest BCUT2D eigenvalue weighted by Crippen LogP contribution is 2.30. The van der Waals surface area contributed by atoms with E-state index in [1.54, 1.807) is 0 Å². The molecule has 0 N–H and O–H groups in total. The molecule has 1 rings (SSSR count). The predicted molar refractivity (Wildman–Crippen MR) is 52.0 cm³/mol. The number of nitrogens with zero attached hydrogens (tertiary/aromatic N) is 2. The molecular formula is C7H2Cl2F2N2O2S. The molecule has 86 valence electrons. The van der Waals surface area contributed by atoms with Crippen molar-refractivity contribution in [3.8, 4) is 6.07 Å². The van der Waals surface area contributed by atoms with E-state index in [0.717, 1.165) is 0 Å². The zero-order valence-electron chi connectivity index (χ0n) is 7.29. The Balaban J connectivity index is 3.60. The lowest BCUT2D eigenvalue weighted by atomic mass is 10.2. The maximum atomic E-state index is 12.4. The Morgan fingerprint density at radius 2 is 2.06 bits per heavy atom. The van der Waals surface area contributed by atoms with Gasteiger partial charge in [0.05, 0.1) is 5.56 Å². The first kappa shape index (κ1) is 13.1. The van der Waals surface area contributed by atoms with Gasteiger partial charge in [-0.05, 0) is 6.07 Å². The number of halogens is 4. The smallest absolute Gasteiger partial charge is 0.223 e. The third-order valence-electron chi connectivity index (χ3n) is 1.58. The largest absolute Gasteiger partial charge is 0.266 e. The Labute approximate surface area is 98.8 Å². The van der Waals surface area contributed by atoms with Gasteiger partial charge in [0, 0.05) is 10.7 Å². The van der Waals surface area contributed by atoms with Crippen LogP contribution < -0.4 is 0 Å². The van der Waals surface area contributed by atoms with E-state index in [1.165, 1.54) is 6.07 Å². The minimum Gasteiger partial charge on any atom is -0.223 e. The van der Waals surface area contributed by atoms with E-state index in [-0.39, 0.29) is 0 Å². The van der Waals surface area contributed by atoms with E-state index in [2.05, 4.69) is 4.98 Å². The Morgan fingerprint density at radius 1 is 1.50 bits per heavy atom. The molecule has 0 unspecified atom stereocenters. The Hall–Kier alpha value is -0.970. The highest BCUT2D eigenvalue weighted by atomic mass is 35.7. The summed E-state index contributed by atoms with van der Waals surface area (Å²) in [5, 5.41) is 7.88. The van der Waals surface area contributed by atoms with E-state index in [1.807, 2.05) is 0 Å². The number of alkyl halides is 2. The first-order valence-corrected chi connectivity index (χ1v) is 6.29. The summed E-state index contributed by atoms with van der Waals surface area (Å²) in [5.41, 5.74) is -1.46. The molecule has 1 aromatic rings. The van der Waals surface area contributed by atoms with Crippen molar-refractivity contribution >= 4 is 31.3 Å². The zero-order chi connectivity index (χ0) is 12.5. The summed E-state index contributed by atoms with van der Waals surface area (Å²) in [6.07, 6.45) is -3.04. The van der Waals surface area contributed by atoms with Gasteiger partial charge < -0.3 is 0 Å². The van der Waals surface area contributed by atoms with Crippen molar-refractivity contribution in [3.05, 3.63) is 22.5 Å². The van der Waals surface area contributed by atoms with Crippen LogP contribution in [0.25, 0.3) is 0 Å². The molecule has 0 radical (unpaired) electrons. The summed E-state index contributed by atoms with van der Waals surface area (Å²) in [6, 6.07) is 1.93. The molecule has 4 nitrogen and oxygen atoms in total. The molecule has 0 aliphatic carbocycles. The zero-order valence-corrected chi connectivity index (χ0v) is 9.61. The van der Waals surface area contributed by atoms with E-state index in [0.29, 0.717) is 6.07 Å². The van der Waals surface area contributed by atoms with Crippen LogP contribution in [0.15, 0.2) is 11.0 Å². The summed E-state index contributed by atoms with van der Waals surface area (Å²) < 4.78 is 46.8. The van der Waals surface area contributed by atoms with Crippen LogP contribution in [0.4, 0.5) is 8.78 Å². The Bertz CT molecular complexity index is 568. The average Bonchev–Trinajstić information content (AvgIpc) is 2.14. The average molecular weight is 287 g/mol. The van der Waals surface area contributed by atoms with Gasteiger partial charge in [0.2, 0.25) is 0 Å². The molecule has 0 saturated heterocycles. The van der Waals surface area contributed by atoms with Crippen molar-refractivity contribution in [2.24, 2.45) is 0 Å². The van der Waals surface area contributed by atoms with E-state index >= 15 is 0 Å². The third-order valence-corrected chi connectivity index (χ3v) is 3.31. The van der Waals surface area contributed by atoms with Gasteiger partial charge in [-0.1, -0.05) is 11.6 Å². The van der Waals surface area contributed by atoms with Gasteiger partial charge in [-0.3, -0.25) is 0 Å². The maximum absolute atomic E-state index is 12.4. The normalized spacial score (nSPS) is 11.5. The SMILES string of the molecule is N#Cc1nc(Cl)c(S(=O)(=O)Cl)cc1C(F)F. The number of hydrogen-bond acceptors (Lipinski definition) is 4. The molecule has 0 spiro atoms. The molecule has 16 heavy (non-hydrogen) atoms. The van der Waals surface area contributed by atoms with E-state index < -0.39 is 36.8 Å². The summed E-state index contributed by atoms with van der Waals surface area (Å²) >= 11 is 5.40. The van der Waals surface area contributed by atoms with Gasteiger partial charge in [0.1, 0.15) is 11.0 Å². The summed E-state index contributed by atoms with van der Waals surface area (Å²) in [6.45, 7) is 0. The molecule has 9 heteroatoms. The summed E-state index contributed by atoms with van der Waals surface area (Å²) in [7, 11) is 0.677. The van der Waals surface area contributed by atoms with E-state index in [9.17, 15) is 17.2 Å². The molecular weight excluding hydrogens is 285 g/mol. The van der Waals surface area contributed by atoms with Crippen LogP contribution in [-0.4, -0.2) is 13.4 Å². The first-order valence-electron chi connectivity index (χ1n) is 3.60. The monoisotopic (exact) mass is 286 g/mol. The summed E-state index contributed by atoms with van der Waals surface area (Å²) in [5.74, 6) is 0. The number of nitriles is 1. The minimum atomic E-state index is -4.28. The molecule has 0 fully saturated rings. The van der Waals surface area contributed by atoms with Gasteiger partial charge in [-0.15, -0.1) is 0 Å². The third kappa shape index (κ3) is 2.58. The second kappa shape index (κ2) is 4.49. The number of aromatic nitrogens is 1. The highest BCUT2D eigenvalue weighted by molar-refractivity contribution is 8.13. The topological polar surface area (TPSA) is 70.8 Å². The van der Waals surface area contributed by atoms with Gasteiger partial charge in [-0.2, -0.15) is 5.26 Å². The fraction of sp³-hybridized carbons (Fsp3) is 0.143. The van der Waals surface area contributed by atoms with Crippen LogP contribution in [0.3, 0.4) is 0 Å². The van der Waals surface area contributed by atoms with Crippen molar-refractivity contribution in [2.75, 3.05) is 0 Å². The van der Waals surface area contributed by atoms with Gasteiger partial charge >= 0.3 is 0 Å². The van der Waals surface area contributed by atoms with E-state index in [4.69, 9.17) is 27.5 Å². The second-order valence-corrected chi connectivity index (χ2v) is 5.46. The van der Waals surface area contributed by atoms with Crippen molar-refractivity contribution in [1.29, 1.82) is 5.26 Å². The van der Waals surface area contributed by atoms with Crippen molar-refractivity contribution in [2.45, 2.75) is 11.3 Å². The molecule has 0 amide bonds. The first-order chi connectivity index (χ1) is 7.27. The van der Waals surface area contributed by atoms with Crippen LogP contribution in [0.1, 0.15) is 17.7 Å². The molecule has 0 aliphatic heterocycles. The fourth-order valence-electron chi connectivity index (χ4n) is 0.914. The van der Waals surface area contributed by atoms with Crippen LogP contribution >= 0.6 is 22.3 Å². The standard InChI is InChI=1S/C7H2Cl2F2N2O2S/c8-6-5(16(9,14)15)1-3(7(10)11)4(2-12)13-6/h1,7H. The molecule has 0 bridgehead atoms. The van der Waals surface area contributed by atoms with Crippen LogP contribution in [0, 0.1) is 11.3 Å². The minimum absolute atomic E-state index is 0.543. The molecule has 1 aromatic heterocycles. The maximum Gasteiger partial charge on any atom is 0.266 e. The van der Waals surface area contributed by atoms with Crippen LogP contribution in [-0.2, 0) is 9.05 Å². The lowest BCUT2D eigenvalue weighted by molar-refractivity contribution is 0.150. The predicted octanol–water partition coefficient (Wildman–Crippen LogP) is 2.47. The molecule has 1 heterocycles. The van der Waals surface area contributed by atoms with Crippen molar-refractivity contribution < 1.29 is 17.2 Å². The number of rotatable bonds is 2. The molecule has 0 atom stereocenters. The Morgan fingerprint density at radius 3 is 2.44 bits per heavy atom. The molecule has 0 saturated carbocycles. The highest BCUT2D eigenvalue weighted by Gasteiger charge is 2.23. The number of pyridine rings is 1.